The van der Waals surface area contributed by atoms with Crippen molar-refractivity contribution < 1.29 is 19.2 Å². The molecule has 0 saturated heterocycles. The Morgan fingerprint density at radius 3 is 2.59 bits per heavy atom. The number of furan rings is 1. The van der Waals surface area contributed by atoms with Crippen molar-refractivity contribution in [3.8, 4) is 0 Å². The maximum absolute atomic E-state index is 10.9. The van der Waals surface area contributed by atoms with Gasteiger partial charge in [0, 0.05) is 21.7 Å². The van der Waals surface area contributed by atoms with Crippen molar-refractivity contribution in [3.05, 3.63) is 88.5 Å². The smallest absolute Gasteiger partial charge is 0.288 e. The fraction of sp³-hybridized carbons (Fsp3) is 0.100. The van der Waals surface area contributed by atoms with E-state index in [1.54, 1.807) is 53.6 Å². The van der Waals surface area contributed by atoms with Gasteiger partial charge in [-0.05, 0) is 42.5 Å². The zero-order valence-corrected chi connectivity index (χ0v) is 16.7. The molecular formula is C20H18BrN2O3S+. The molecule has 0 unspecified atom stereocenters. The van der Waals surface area contributed by atoms with Crippen molar-refractivity contribution in [1.29, 1.82) is 0 Å². The lowest BCUT2D eigenvalue weighted by Crippen LogP contribution is -2.41. The summed E-state index contributed by atoms with van der Waals surface area (Å²) >= 11 is 8.94. The van der Waals surface area contributed by atoms with Gasteiger partial charge in [-0.3, -0.25) is 0 Å². The van der Waals surface area contributed by atoms with E-state index >= 15 is 0 Å². The molecule has 2 heterocycles. The Morgan fingerprint density at radius 1 is 1.15 bits per heavy atom. The van der Waals surface area contributed by atoms with Crippen LogP contribution in [0.15, 0.2) is 76.1 Å². The SMILES string of the molecule is OCc1ccc[n+](/C(C(=S)NCc2ccco2)=C(\O)c2ccc(Br)cc2)c1. The molecule has 3 aromatic rings. The second kappa shape index (κ2) is 8.94. The number of aliphatic hydroxyl groups excluding tert-OH is 2. The Labute approximate surface area is 170 Å². The molecule has 1 aromatic carbocycles. The van der Waals surface area contributed by atoms with Crippen LogP contribution in [0.3, 0.4) is 0 Å². The second-order valence-electron chi connectivity index (χ2n) is 5.74. The van der Waals surface area contributed by atoms with Gasteiger partial charge in [-0.15, -0.1) is 0 Å². The molecule has 0 atom stereocenters. The first-order valence-corrected chi connectivity index (χ1v) is 9.40. The van der Waals surface area contributed by atoms with Crippen molar-refractivity contribution >= 4 is 44.6 Å². The van der Waals surface area contributed by atoms with Crippen molar-refractivity contribution in [2.45, 2.75) is 13.2 Å². The van der Waals surface area contributed by atoms with Crippen molar-refractivity contribution in [1.82, 2.24) is 5.32 Å². The number of nitrogens with zero attached hydrogens (tertiary/aromatic N) is 1. The zero-order valence-electron chi connectivity index (χ0n) is 14.3. The van der Waals surface area contributed by atoms with E-state index in [9.17, 15) is 10.2 Å². The first kappa shape index (κ1) is 19.3. The van der Waals surface area contributed by atoms with Crippen LogP contribution in [0.5, 0.6) is 0 Å². The minimum atomic E-state index is -0.111. The van der Waals surface area contributed by atoms with E-state index in [0.717, 1.165) is 10.2 Å². The number of benzene rings is 1. The first-order chi connectivity index (χ1) is 13.1. The Morgan fingerprint density at radius 2 is 1.93 bits per heavy atom. The quantitative estimate of drug-likeness (QED) is 0.233. The molecule has 27 heavy (non-hydrogen) atoms. The van der Waals surface area contributed by atoms with Crippen molar-refractivity contribution in [2.75, 3.05) is 0 Å². The predicted molar refractivity (Wildman–Crippen MR) is 111 cm³/mol. The molecule has 3 rings (SSSR count). The topological polar surface area (TPSA) is 69.5 Å². The van der Waals surface area contributed by atoms with Crippen LogP contribution in [-0.2, 0) is 13.2 Å². The van der Waals surface area contributed by atoms with Crippen LogP contribution < -0.4 is 9.88 Å². The van der Waals surface area contributed by atoms with Crippen molar-refractivity contribution in [3.63, 3.8) is 0 Å². The minimum Gasteiger partial charge on any atom is -0.502 e. The molecular weight excluding hydrogens is 428 g/mol. The number of nitrogens with one attached hydrogen (secondary N) is 1. The van der Waals surface area contributed by atoms with E-state index in [1.807, 2.05) is 18.2 Å². The summed E-state index contributed by atoms with van der Waals surface area (Å²) in [5.74, 6) is 0.758. The van der Waals surface area contributed by atoms with E-state index in [-0.39, 0.29) is 12.4 Å². The van der Waals surface area contributed by atoms with Gasteiger partial charge in [-0.2, -0.15) is 4.57 Å². The van der Waals surface area contributed by atoms with Gasteiger partial charge in [-0.25, -0.2) is 0 Å². The normalized spacial score (nSPS) is 11.8. The van der Waals surface area contributed by atoms with Crippen LogP contribution in [0.25, 0.3) is 11.5 Å². The molecule has 0 fully saturated rings. The lowest BCUT2D eigenvalue weighted by atomic mass is 10.1. The van der Waals surface area contributed by atoms with E-state index in [2.05, 4.69) is 21.2 Å². The molecule has 0 aliphatic heterocycles. The van der Waals surface area contributed by atoms with Crippen LogP contribution in [0.4, 0.5) is 0 Å². The second-order valence-corrected chi connectivity index (χ2v) is 7.07. The summed E-state index contributed by atoms with van der Waals surface area (Å²) in [6.45, 7) is 0.281. The highest BCUT2D eigenvalue weighted by molar-refractivity contribution is 9.10. The van der Waals surface area contributed by atoms with Gasteiger partial charge in [0.05, 0.1) is 19.4 Å². The average molecular weight is 446 g/mol. The minimum absolute atomic E-state index is 0.0273. The zero-order chi connectivity index (χ0) is 19.2. The van der Waals surface area contributed by atoms with E-state index in [1.165, 1.54) is 0 Å². The van der Waals surface area contributed by atoms with E-state index in [4.69, 9.17) is 16.6 Å². The van der Waals surface area contributed by atoms with E-state index < -0.39 is 0 Å². The fourth-order valence-electron chi connectivity index (χ4n) is 2.51. The third kappa shape index (κ3) is 4.82. The third-order valence-corrected chi connectivity index (χ3v) is 4.73. The largest absolute Gasteiger partial charge is 0.502 e. The maximum atomic E-state index is 10.9. The van der Waals surface area contributed by atoms with Gasteiger partial charge in [0.1, 0.15) is 5.76 Å². The highest BCUT2D eigenvalue weighted by atomic mass is 79.9. The van der Waals surface area contributed by atoms with Gasteiger partial charge in [0.15, 0.2) is 23.1 Å². The molecule has 2 aromatic heterocycles. The van der Waals surface area contributed by atoms with Gasteiger partial charge < -0.3 is 19.9 Å². The molecule has 0 aliphatic rings. The molecule has 0 bridgehead atoms. The number of hydrogen-bond donors (Lipinski definition) is 3. The number of hydrogen-bond acceptors (Lipinski definition) is 4. The summed E-state index contributed by atoms with van der Waals surface area (Å²) in [4.78, 5) is 0.354. The van der Waals surface area contributed by atoms with Gasteiger partial charge >= 0.3 is 0 Å². The number of thiocarbonyl (C=S) groups is 1. The van der Waals surface area contributed by atoms with Crippen LogP contribution in [0.1, 0.15) is 16.9 Å². The molecule has 0 spiro atoms. The highest BCUT2D eigenvalue weighted by Crippen LogP contribution is 2.20. The molecule has 0 radical (unpaired) electrons. The van der Waals surface area contributed by atoms with Crippen LogP contribution in [0, 0.1) is 0 Å². The fourth-order valence-corrected chi connectivity index (χ4v) is 3.05. The number of pyridine rings is 1. The number of aliphatic hydroxyl groups is 2. The monoisotopic (exact) mass is 445 g/mol. The summed E-state index contributed by atoms with van der Waals surface area (Å²) in [7, 11) is 0. The summed E-state index contributed by atoms with van der Waals surface area (Å²) in [5.41, 5.74) is 1.74. The molecule has 0 aliphatic carbocycles. The number of rotatable bonds is 6. The molecule has 0 saturated carbocycles. The Kier molecular flexibility index (Phi) is 6.39. The molecule has 7 heteroatoms. The molecule has 5 nitrogen and oxygen atoms in total. The summed E-state index contributed by atoms with van der Waals surface area (Å²) in [5, 5.41) is 23.5. The van der Waals surface area contributed by atoms with Gasteiger partial charge in [-0.1, -0.05) is 28.1 Å². The van der Waals surface area contributed by atoms with Gasteiger partial charge in [0.25, 0.3) is 5.70 Å². The average Bonchev–Trinajstić information content (AvgIpc) is 3.21. The maximum Gasteiger partial charge on any atom is 0.288 e. The van der Waals surface area contributed by atoms with Crippen LogP contribution in [0.2, 0.25) is 0 Å². The van der Waals surface area contributed by atoms with Crippen LogP contribution >= 0.6 is 28.1 Å². The standard InChI is InChI=1S/C20H17BrN2O3S/c21-16-7-5-15(6-8-16)19(25)18(23-9-1-3-14(12-23)13-24)20(27)22-11-17-4-2-10-26-17/h1-10,12,24H,11,13H2,(H-,22,25,27)/p+1. The Balaban J connectivity index is 2.00. The van der Waals surface area contributed by atoms with E-state index in [0.29, 0.717) is 28.4 Å². The van der Waals surface area contributed by atoms with Crippen LogP contribution in [-0.4, -0.2) is 15.2 Å². The van der Waals surface area contributed by atoms with Gasteiger partial charge in [0.2, 0.25) is 0 Å². The highest BCUT2D eigenvalue weighted by Gasteiger charge is 2.24. The molecule has 3 N–H and O–H groups in total. The molecule has 138 valence electrons. The molecule has 0 amide bonds. The lowest BCUT2D eigenvalue weighted by molar-refractivity contribution is -0.576. The summed E-state index contributed by atoms with van der Waals surface area (Å²) in [6.07, 6.45) is 5.09. The van der Waals surface area contributed by atoms with Crippen molar-refractivity contribution in [2.24, 2.45) is 0 Å². The summed E-state index contributed by atoms with van der Waals surface area (Å²) < 4.78 is 7.92. The predicted octanol–water partition coefficient (Wildman–Crippen LogP) is 3.82. The summed E-state index contributed by atoms with van der Waals surface area (Å²) in [6, 6.07) is 14.5. The Bertz CT molecular complexity index is 954. The number of aromatic nitrogens is 1. The lowest BCUT2D eigenvalue weighted by Gasteiger charge is -2.10. The first-order valence-electron chi connectivity index (χ1n) is 8.19. The Hall–Kier alpha value is -2.48. The number of halogens is 1. The third-order valence-electron chi connectivity index (χ3n) is 3.86.